The highest BCUT2D eigenvalue weighted by atomic mass is 79.9. The smallest absolute Gasteiger partial charge is 0.0655 e. The molecule has 0 saturated heterocycles. The van der Waals surface area contributed by atoms with E-state index >= 15 is 0 Å². The van der Waals surface area contributed by atoms with Gasteiger partial charge in [-0.3, -0.25) is 4.68 Å². The van der Waals surface area contributed by atoms with Gasteiger partial charge in [-0.15, -0.1) is 0 Å². The molecular weight excluding hydrogens is 254 g/mol. The molecule has 0 aromatic carbocycles. The molecule has 0 N–H and O–H groups in total. The fourth-order valence-corrected chi connectivity index (χ4v) is 2.61. The van der Waals surface area contributed by atoms with Crippen LogP contribution in [0, 0.1) is 23.2 Å². The van der Waals surface area contributed by atoms with E-state index in [4.69, 9.17) is 5.26 Å². The van der Waals surface area contributed by atoms with Crippen molar-refractivity contribution in [1.29, 1.82) is 5.26 Å². The number of nitrogens with zero attached hydrogens (tertiary/aromatic N) is 3. The van der Waals surface area contributed by atoms with Crippen molar-refractivity contribution < 1.29 is 0 Å². The molecular formula is C11H14BrN3. The molecule has 1 fully saturated rings. The average molecular weight is 268 g/mol. The fourth-order valence-electron chi connectivity index (χ4n) is 2.31. The van der Waals surface area contributed by atoms with Gasteiger partial charge in [0.2, 0.25) is 0 Å². The molecule has 1 aromatic heterocycles. The third-order valence-corrected chi connectivity index (χ3v) is 3.71. The monoisotopic (exact) mass is 267 g/mol. The first-order valence-electron chi connectivity index (χ1n) is 5.30. The molecule has 4 heteroatoms. The topological polar surface area (TPSA) is 41.6 Å². The molecule has 0 aliphatic heterocycles. The van der Waals surface area contributed by atoms with Crippen LogP contribution in [0.3, 0.4) is 0 Å². The van der Waals surface area contributed by atoms with Crippen LogP contribution in [0.5, 0.6) is 0 Å². The Hall–Kier alpha value is -0.820. The molecule has 1 aromatic rings. The SMILES string of the molecule is CC(C#N)C1CC[C@@H](n2cc(Br)cn2)C1. The van der Waals surface area contributed by atoms with E-state index < -0.39 is 0 Å². The lowest BCUT2D eigenvalue weighted by Gasteiger charge is -2.13. The number of rotatable bonds is 2. The van der Waals surface area contributed by atoms with Gasteiger partial charge >= 0.3 is 0 Å². The highest BCUT2D eigenvalue weighted by Crippen LogP contribution is 2.38. The zero-order valence-electron chi connectivity index (χ0n) is 8.73. The minimum atomic E-state index is 0.175. The number of halogens is 1. The summed E-state index contributed by atoms with van der Waals surface area (Å²) in [6.07, 6.45) is 7.22. The van der Waals surface area contributed by atoms with Crippen LogP contribution in [0.1, 0.15) is 32.2 Å². The number of aromatic nitrogens is 2. The predicted molar refractivity (Wildman–Crippen MR) is 61.1 cm³/mol. The van der Waals surface area contributed by atoms with Crippen LogP contribution in [0.4, 0.5) is 0 Å². The van der Waals surface area contributed by atoms with E-state index in [1.54, 1.807) is 0 Å². The van der Waals surface area contributed by atoms with Crippen molar-refractivity contribution in [3.8, 4) is 6.07 Å². The summed E-state index contributed by atoms with van der Waals surface area (Å²) in [5.41, 5.74) is 0. The van der Waals surface area contributed by atoms with Gasteiger partial charge in [0.05, 0.1) is 22.8 Å². The van der Waals surface area contributed by atoms with Gasteiger partial charge in [0.1, 0.15) is 0 Å². The Bertz CT molecular complexity index is 379. The Morgan fingerprint density at radius 2 is 2.47 bits per heavy atom. The second-order valence-electron chi connectivity index (χ2n) is 4.28. The molecule has 2 rings (SSSR count). The van der Waals surface area contributed by atoms with Crippen molar-refractivity contribution in [3.05, 3.63) is 16.9 Å². The van der Waals surface area contributed by atoms with Crippen LogP contribution in [-0.4, -0.2) is 9.78 Å². The molecule has 1 aliphatic rings. The van der Waals surface area contributed by atoms with Crippen molar-refractivity contribution >= 4 is 15.9 Å². The van der Waals surface area contributed by atoms with Gasteiger partial charge in [-0.2, -0.15) is 10.4 Å². The maximum Gasteiger partial charge on any atom is 0.0655 e. The van der Waals surface area contributed by atoms with Gasteiger partial charge in [-0.05, 0) is 48.0 Å². The van der Waals surface area contributed by atoms with Crippen molar-refractivity contribution in [2.24, 2.45) is 11.8 Å². The lowest BCUT2D eigenvalue weighted by atomic mass is 9.94. The Morgan fingerprint density at radius 3 is 3.07 bits per heavy atom. The summed E-state index contributed by atoms with van der Waals surface area (Å²) in [4.78, 5) is 0. The number of hydrogen-bond acceptors (Lipinski definition) is 2. The zero-order chi connectivity index (χ0) is 10.8. The summed E-state index contributed by atoms with van der Waals surface area (Å²) in [5, 5.41) is 13.2. The summed E-state index contributed by atoms with van der Waals surface area (Å²) in [6.45, 7) is 2.02. The second kappa shape index (κ2) is 4.36. The molecule has 0 spiro atoms. The first kappa shape index (κ1) is 10.7. The van der Waals surface area contributed by atoms with E-state index in [0.717, 1.165) is 23.7 Å². The first-order valence-corrected chi connectivity index (χ1v) is 6.09. The molecule has 2 unspecified atom stereocenters. The van der Waals surface area contributed by atoms with E-state index in [1.807, 2.05) is 24.0 Å². The average Bonchev–Trinajstić information content (AvgIpc) is 2.84. The molecule has 0 bridgehead atoms. The quantitative estimate of drug-likeness (QED) is 0.826. The lowest BCUT2D eigenvalue weighted by molar-refractivity contribution is 0.399. The second-order valence-corrected chi connectivity index (χ2v) is 5.20. The van der Waals surface area contributed by atoms with E-state index in [2.05, 4.69) is 27.1 Å². The zero-order valence-corrected chi connectivity index (χ0v) is 10.3. The highest BCUT2D eigenvalue weighted by Gasteiger charge is 2.29. The third-order valence-electron chi connectivity index (χ3n) is 3.30. The molecule has 3 atom stereocenters. The minimum Gasteiger partial charge on any atom is -0.269 e. The van der Waals surface area contributed by atoms with E-state index in [-0.39, 0.29) is 5.92 Å². The van der Waals surface area contributed by atoms with Crippen molar-refractivity contribution in [1.82, 2.24) is 9.78 Å². The maximum absolute atomic E-state index is 8.88. The summed E-state index contributed by atoms with van der Waals surface area (Å²) < 4.78 is 3.05. The first-order chi connectivity index (χ1) is 7.20. The van der Waals surface area contributed by atoms with E-state index in [1.165, 1.54) is 0 Å². The number of hydrogen-bond donors (Lipinski definition) is 0. The molecule has 0 amide bonds. The highest BCUT2D eigenvalue weighted by molar-refractivity contribution is 9.10. The van der Waals surface area contributed by atoms with Gasteiger partial charge in [-0.25, -0.2) is 0 Å². The van der Waals surface area contributed by atoms with Gasteiger partial charge in [0.25, 0.3) is 0 Å². The summed E-state index contributed by atoms with van der Waals surface area (Å²) in [7, 11) is 0. The fraction of sp³-hybridized carbons (Fsp3) is 0.636. The standard InChI is InChI=1S/C11H14BrN3/c1-8(5-13)9-2-3-11(4-9)15-7-10(12)6-14-15/h6-9,11H,2-4H2,1H3/t8?,9?,11-/m1/s1. The maximum atomic E-state index is 8.88. The van der Waals surface area contributed by atoms with Crippen LogP contribution >= 0.6 is 15.9 Å². The van der Waals surface area contributed by atoms with Crippen molar-refractivity contribution in [2.75, 3.05) is 0 Å². The van der Waals surface area contributed by atoms with Crippen LogP contribution in [0.15, 0.2) is 16.9 Å². The normalized spacial score (nSPS) is 27.5. The molecule has 1 saturated carbocycles. The van der Waals surface area contributed by atoms with Crippen LogP contribution in [0.25, 0.3) is 0 Å². The number of nitriles is 1. The Balaban J connectivity index is 2.02. The molecule has 0 radical (unpaired) electrons. The van der Waals surface area contributed by atoms with E-state index in [9.17, 15) is 0 Å². The summed E-state index contributed by atoms with van der Waals surface area (Å²) >= 11 is 3.40. The molecule has 15 heavy (non-hydrogen) atoms. The van der Waals surface area contributed by atoms with Gasteiger partial charge in [-0.1, -0.05) is 0 Å². The van der Waals surface area contributed by atoms with Crippen molar-refractivity contribution in [3.63, 3.8) is 0 Å². The molecule has 3 nitrogen and oxygen atoms in total. The minimum absolute atomic E-state index is 0.175. The van der Waals surface area contributed by atoms with Gasteiger partial charge in [0, 0.05) is 12.1 Å². The van der Waals surface area contributed by atoms with E-state index in [0.29, 0.717) is 12.0 Å². The molecule has 80 valence electrons. The van der Waals surface area contributed by atoms with Crippen LogP contribution in [0.2, 0.25) is 0 Å². The summed E-state index contributed by atoms with van der Waals surface area (Å²) in [5.74, 6) is 0.719. The predicted octanol–water partition coefficient (Wildman–Crippen LogP) is 3.15. The Morgan fingerprint density at radius 1 is 1.67 bits per heavy atom. The summed E-state index contributed by atoms with van der Waals surface area (Å²) in [6, 6.07) is 2.83. The van der Waals surface area contributed by atoms with Crippen molar-refractivity contribution in [2.45, 2.75) is 32.2 Å². The Kier molecular flexibility index (Phi) is 3.11. The van der Waals surface area contributed by atoms with Gasteiger partial charge in [0.15, 0.2) is 0 Å². The largest absolute Gasteiger partial charge is 0.269 e. The van der Waals surface area contributed by atoms with Crippen LogP contribution < -0.4 is 0 Å². The van der Waals surface area contributed by atoms with Gasteiger partial charge < -0.3 is 0 Å². The molecule has 1 heterocycles. The molecule has 1 aliphatic carbocycles. The lowest BCUT2D eigenvalue weighted by Crippen LogP contribution is -2.09. The Labute approximate surface area is 98.2 Å². The van der Waals surface area contributed by atoms with Crippen LogP contribution in [-0.2, 0) is 0 Å². The third kappa shape index (κ3) is 2.23.